The number of benzene rings is 2. The predicted octanol–water partition coefficient (Wildman–Crippen LogP) is 4.84. The smallest absolute Gasteiger partial charge is 0.259 e. The third-order valence-corrected chi connectivity index (χ3v) is 6.87. The number of amides is 2. The van der Waals surface area contributed by atoms with Gasteiger partial charge in [-0.3, -0.25) is 14.6 Å². The fourth-order valence-electron chi connectivity index (χ4n) is 5.49. The Labute approximate surface area is 188 Å². The number of carbonyl (C=O) groups is 2. The molecule has 5 heteroatoms. The largest absolute Gasteiger partial charge is 0.351 e. The second kappa shape index (κ2) is 8.58. The van der Waals surface area contributed by atoms with Crippen LogP contribution in [0.25, 0.3) is 0 Å². The Morgan fingerprint density at radius 3 is 2.47 bits per heavy atom. The van der Waals surface area contributed by atoms with Gasteiger partial charge in [0.1, 0.15) is 0 Å². The number of nitrogens with one attached hydrogen (secondary N) is 1. The van der Waals surface area contributed by atoms with Crippen molar-refractivity contribution in [3.63, 3.8) is 0 Å². The lowest BCUT2D eigenvalue weighted by Crippen LogP contribution is -2.63. The Morgan fingerprint density at radius 2 is 1.72 bits per heavy atom. The molecule has 2 aliphatic rings. The molecular weight excluding hydrogens is 398 g/mol. The molecule has 1 aromatic heterocycles. The summed E-state index contributed by atoms with van der Waals surface area (Å²) in [5.74, 6) is -0.463. The first-order chi connectivity index (χ1) is 15.7. The van der Waals surface area contributed by atoms with E-state index in [0.717, 1.165) is 48.9 Å². The molecule has 1 atom stereocenters. The molecule has 1 spiro atoms. The van der Waals surface area contributed by atoms with Crippen molar-refractivity contribution in [3.8, 4) is 0 Å². The molecule has 0 bridgehead atoms. The van der Waals surface area contributed by atoms with Crippen LogP contribution in [0.1, 0.15) is 59.5 Å². The molecule has 1 fully saturated rings. The topological polar surface area (TPSA) is 62.3 Å². The van der Waals surface area contributed by atoms with Crippen molar-refractivity contribution >= 4 is 17.5 Å². The molecule has 0 saturated heterocycles. The minimum absolute atomic E-state index is 0.00925. The first kappa shape index (κ1) is 20.4. The van der Waals surface area contributed by atoms with E-state index >= 15 is 0 Å². The Kier molecular flexibility index (Phi) is 5.48. The summed E-state index contributed by atoms with van der Waals surface area (Å²) in [4.78, 5) is 33.7. The lowest BCUT2D eigenvalue weighted by atomic mass is 9.65. The third-order valence-electron chi connectivity index (χ3n) is 6.87. The molecule has 2 aromatic carbocycles. The molecule has 1 aliphatic carbocycles. The zero-order valence-corrected chi connectivity index (χ0v) is 18.0. The van der Waals surface area contributed by atoms with Gasteiger partial charge < -0.3 is 10.2 Å². The summed E-state index contributed by atoms with van der Waals surface area (Å²) < 4.78 is 0. The van der Waals surface area contributed by atoms with Crippen LogP contribution in [0, 0.1) is 0 Å². The van der Waals surface area contributed by atoms with Gasteiger partial charge in [0.25, 0.3) is 5.91 Å². The lowest BCUT2D eigenvalue weighted by molar-refractivity contribution is -0.124. The average Bonchev–Trinajstić information content (AvgIpc) is 2.85. The first-order valence-electron chi connectivity index (χ1n) is 11.4. The minimum Gasteiger partial charge on any atom is -0.351 e. The highest BCUT2D eigenvalue weighted by Gasteiger charge is 2.55. The predicted molar refractivity (Wildman–Crippen MR) is 124 cm³/mol. The van der Waals surface area contributed by atoms with Gasteiger partial charge in [-0.15, -0.1) is 0 Å². The normalized spacial score (nSPS) is 19.4. The van der Waals surface area contributed by atoms with Crippen molar-refractivity contribution in [1.82, 2.24) is 10.3 Å². The van der Waals surface area contributed by atoms with Crippen molar-refractivity contribution < 1.29 is 9.59 Å². The zero-order valence-electron chi connectivity index (χ0n) is 18.0. The van der Waals surface area contributed by atoms with Crippen LogP contribution in [0.15, 0.2) is 79.1 Å². The van der Waals surface area contributed by atoms with E-state index in [-0.39, 0.29) is 11.8 Å². The summed E-state index contributed by atoms with van der Waals surface area (Å²) >= 11 is 0. The van der Waals surface area contributed by atoms with Gasteiger partial charge >= 0.3 is 0 Å². The van der Waals surface area contributed by atoms with Gasteiger partial charge in [0.2, 0.25) is 5.91 Å². The zero-order chi connectivity index (χ0) is 22.0. The standard InChI is InChI=1S/C27H27N3O2/c31-25(29-19-20-10-9-17-28-18-20)24-22-13-5-6-14-23(22)26(32)30(21-11-3-1-4-12-21)27(24)15-7-2-8-16-27/h1,3-6,9-14,17-18,24H,2,7-8,15-16,19H2,(H,29,31)/t24-/m1/s1. The van der Waals surface area contributed by atoms with E-state index < -0.39 is 11.5 Å². The van der Waals surface area contributed by atoms with Crippen LogP contribution in [0.2, 0.25) is 0 Å². The number of para-hydroxylation sites is 1. The van der Waals surface area contributed by atoms with E-state index in [4.69, 9.17) is 0 Å². The summed E-state index contributed by atoms with van der Waals surface area (Å²) in [6.45, 7) is 0.417. The molecule has 3 aromatic rings. The van der Waals surface area contributed by atoms with Gasteiger partial charge in [0.05, 0.1) is 11.5 Å². The van der Waals surface area contributed by atoms with Crippen LogP contribution >= 0.6 is 0 Å². The van der Waals surface area contributed by atoms with Crippen LogP contribution in [-0.2, 0) is 11.3 Å². The van der Waals surface area contributed by atoms with Crippen molar-refractivity contribution in [3.05, 3.63) is 95.8 Å². The first-order valence-corrected chi connectivity index (χ1v) is 11.4. The summed E-state index contributed by atoms with van der Waals surface area (Å²) in [5, 5.41) is 3.15. The molecule has 2 amide bonds. The van der Waals surface area contributed by atoms with Crippen molar-refractivity contribution in [2.24, 2.45) is 0 Å². The van der Waals surface area contributed by atoms with E-state index in [1.807, 2.05) is 71.6 Å². The maximum atomic E-state index is 13.8. The average molecular weight is 426 g/mol. The van der Waals surface area contributed by atoms with Gasteiger partial charge in [-0.25, -0.2) is 0 Å². The van der Waals surface area contributed by atoms with Crippen LogP contribution in [0.3, 0.4) is 0 Å². The number of anilines is 1. The molecule has 1 saturated carbocycles. The molecule has 162 valence electrons. The van der Waals surface area contributed by atoms with Crippen LogP contribution in [0.5, 0.6) is 0 Å². The monoisotopic (exact) mass is 425 g/mol. The number of fused-ring (bicyclic) bond motifs is 1. The maximum absolute atomic E-state index is 13.8. The number of hydrogen-bond donors (Lipinski definition) is 1. The summed E-state index contributed by atoms with van der Waals surface area (Å²) in [6, 6.07) is 21.3. The van der Waals surface area contributed by atoms with Gasteiger partial charge in [-0.05, 0) is 48.2 Å². The highest BCUT2D eigenvalue weighted by atomic mass is 16.2. The van der Waals surface area contributed by atoms with E-state index in [2.05, 4.69) is 10.3 Å². The number of hydrogen-bond acceptors (Lipinski definition) is 3. The number of carbonyl (C=O) groups excluding carboxylic acids is 2. The molecule has 1 N–H and O–H groups in total. The van der Waals surface area contributed by atoms with Crippen molar-refractivity contribution in [2.45, 2.75) is 50.1 Å². The SMILES string of the molecule is O=C(NCc1cccnc1)[C@H]1c2ccccc2C(=O)N(c2ccccc2)C12CCCCC2. The summed E-state index contributed by atoms with van der Waals surface area (Å²) in [7, 11) is 0. The number of pyridine rings is 1. The molecule has 5 rings (SSSR count). The molecule has 2 heterocycles. The van der Waals surface area contributed by atoms with Gasteiger partial charge in [0.15, 0.2) is 0 Å². The molecule has 5 nitrogen and oxygen atoms in total. The molecule has 1 aliphatic heterocycles. The number of aromatic nitrogens is 1. The van der Waals surface area contributed by atoms with Crippen LogP contribution in [-0.4, -0.2) is 22.3 Å². The van der Waals surface area contributed by atoms with Crippen molar-refractivity contribution in [2.75, 3.05) is 4.90 Å². The highest BCUT2D eigenvalue weighted by Crippen LogP contribution is 2.50. The Balaban J connectivity index is 1.61. The molecule has 32 heavy (non-hydrogen) atoms. The fourth-order valence-corrected chi connectivity index (χ4v) is 5.49. The second-order valence-corrected chi connectivity index (χ2v) is 8.74. The van der Waals surface area contributed by atoms with Crippen LogP contribution in [0.4, 0.5) is 5.69 Å². The molecule has 0 radical (unpaired) electrons. The highest BCUT2D eigenvalue weighted by molar-refractivity contribution is 6.12. The lowest BCUT2D eigenvalue weighted by Gasteiger charge is -2.53. The van der Waals surface area contributed by atoms with Crippen molar-refractivity contribution in [1.29, 1.82) is 0 Å². The summed E-state index contributed by atoms with van der Waals surface area (Å²) in [5.41, 5.74) is 2.71. The Hall–Kier alpha value is -3.47. The molecular formula is C27H27N3O2. The summed E-state index contributed by atoms with van der Waals surface area (Å²) in [6.07, 6.45) is 8.26. The molecule has 0 unspecified atom stereocenters. The van der Waals surface area contributed by atoms with E-state index in [9.17, 15) is 9.59 Å². The Morgan fingerprint density at radius 1 is 0.969 bits per heavy atom. The minimum atomic E-state index is -0.565. The Bertz CT molecular complexity index is 1110. The third kappa shape index (κ3) is 3.48. The van der Waals surface area contributed by atoms with E-state index in [1.54, 1.807) is 12.4 Å². The van der Waals surface area contributed by atoms with E-state index in [1.165, 1.54) is 0 Å². The van der Waals surface area contributed by atoms with Crippen LogP contribution < -0.4 is 10.2 Å². The van der Waals surface area contributed by atoms with Gasteiger partial charge in [-0.2, -0.15) is 0 Å². The quantitative estimate of drug-likeness (QED) is 0.650. The van der Waals surface area contributed by atoms with Gasteiger partial charge in [-0.1, -0.05) is 61.7 Å². The second-order valence-electron chi connectivity index (χ2n) is 8.74. The fraction of sp³-hybridized carbons (Fsp3) is 0.296. The maximum Gasteiger partial charge on any atom is 0.259 e. The van der Waals surface area contributed by atoms with E-state index in [0.29, 0.717) is 12.1 Å². The van der Waals surface area contributed by atoms with Gasteiger partial charge in [0, 0.05) is 30.2 Å². The number of nitrogens with zero attached hydrogens (tertiary/aromatic N) is 2. The number of rotatable bonds is 4.